The quantitative estimate of drug-likeness (QED) is 0.634. The molecule has 0 aromatic heterocycles. The Bertz CT molecular complexity index is 306. The molecule has 0 amide bonds. The first-order chi connectivity index (χ1) is 9.30. The van der Waals surface area contributed by atoms with Gasteiger partial charge in [-0.3, -0.25) is 0 Å². The van der Waals surface area contributed by atoms with Crippen LogP contribution in [-0.4, -0.2) is 31.1 Å². The summed E-state index contributed by atoms with van der Waals surface area (Å²) >= 11 is 0. The fraction of sp³-hybridized carbons (Fsp3) is 0.647. The lowest BCUT2D eigenvalue weighted by molar-refractivity contribution is 0.233. The summed E-state index contributed by atoms with van der Waals surface area (Å²) in [5, 5.41) is 3.48. The van der Waals surface area contributed by atoms with Crippen molar-refractivity contribution in [3.8, 4) is 0 Å². The molecule has 0 saturated carbocycles. The van der Waals surface area contributed by atoms with Crippen LogP contribution < -0.4 is 5.32 Å². The zero-order chi connectivity index (χ0) is 13.9. The summed E-state index contributed by atoms with van der Waals surface area (Å²) in [5.74, 6) is 0.863. The Kier molecular flexibility index (Phi) is 8.31. The van der Waals surface area contributed by atoms with Crippen LogP contribution in [0, 0.1) is 5.92 Å². The van der Waals surface area contributed by atoms with E-state index in [0.29, 0.717) is 0 Å². The van der Waals surface area contributed by atoms with E-state index in [1.807, 2.05) is 0 Å². The molecular weight excluding hydrogens is 232 g/mol. The van der Waals surface area contributed by atoms with Crippen molar-refractivity contribution in [2.75, 3.05) is 31.5 Å². The fourth-order valence-corrected chi connectivity index (χ4v) is 2.38. The van der Waals surface area contributed by atoms with E-state index in [4.69, 9.17) is 0 Å². The number of nitrogens with one attached hydrogen (secondary N) is 1. The van der Waals surface area contributed by atoms with Crippen LogP contribution >= 0.6 is 0 Å². The number of hydrogen-bond acceptors (Lipinski definition) is 2. The summed E-state index contributed by atoms with van der Waals surface area (Å²) in [6, 6.07) is 10.5. The number of rotatable bonds is 10. The largest absolute Gasteiger partial charge is 0.385 e. The normalized spacial score (nSPS) is 11.2. The summed E-state index contributed by atoms with van der Waals surface area (Å²) in [5.41, 5.74) is 1.23. The lowest BCUT2D eigenvalue weighted by Gasteiger charge is -2.25. The van der Waals surface area contributed by atoms with Crippen molar-refractivity contribution in [3.05, 3.63) is 30.3 Å². The molecule has 0 saturated heterocycles. The molecule has 1 rings (SSSR count). The van der Waals surface area contributed by atoms with Crippen LogP contribution in [0.15, 0.2) is 30.3 Å². The molecule has 19 heavy (non-hydrogen) atoms. The Morgan fingerprint density at radius 1 is 1.05 bits per heavy atom. The minimum Gasteiger partial charge on any atom is -0.385 e. The van der Waals surface area contributed by atoms with Gasteiger partial charge in [0.15, 0.2) is 0 Å². The average Bonchev–Trinajstić information content (AvgIpc) is 2.48. The third kappa shape index (κ3) is 6.63. The molecule has 2 heteroatoms. The monoisotopic (exact) mass is 262 g/mol. The predicted molar refractivity (Wildman–Crippen MR) is 85.7 cm³/mol. The third-order valence-corrected chi connectivity index (χ3v) is 3.87. The fourth-order valence-electron chi connectivity index (χ4n) is 2.38. The molecule has 1 aromatic carbocycles. The van der Waals surface area contributed by atoms with Crippen molar-refractivity contribution in [2.45, 2.75) is 40.0 Å². The Labute approximate surface area is 119 Å². The first kappa shape index (κ1) is 16.0. The zero-order valence-electron chi connectivity index (χ0n) is 12.9. The molecule has 0 atom stereocenters. The van der Waals surface area contributed by atoms with E-state index >= 15 is 0 Å². The molecular formula is C17H30N2. The average molecular weight is 262 g/mol. The van der Waals surface area contributed by atoms with Gasteiger partial charge in [0, 0.05) is 18.8 Å². The minimum atomic E-state index is 0.863. The van der Waals surface area contributed by atoms with Crippen molar-refractivity contribution in [1.82, 2.24) is 4.90 Å². The smallest absolute Gasteiger partial charge is 0.0340 e. The van der Waals surface area contributed by atoms with Gasteiger partial charge in [-0.2, -0.15) is 0 Å². The molecule has 0 aliphatic heterocycles. The van der Waals surface area contributed by atoms with Gasteiger partial charge >= 0.3 is 0 Å². The topological polar surface area (TPSA) is 15.3 Å². The first-order valence-corrected chi connectivity index (χ1v) is 7.81. The number of para-hydroxylation sites is 1. The van der Waals surface area contributed by atoms with E-state index in [1.54, 1.807) is 0 Å². The minimum absolute atomic E-state index is 0.863. The van der Waals surface area contributed by atoms with Gasteiger partial charge in [-0.15, -0.1) is 0 Å². The van der Waals surface area contributed by atoms with Crippen LogP contribution in [0.3, 0.4) is 0 Å². The lowest BCUT2D eigenvalue weighted by Crippen LogP contribution is -2.31. The molecule has 0 radical (unpaired) electrons. The van der Waals surface area contributed by atoms with Gasteiger partial charge in [-0.05, 0) is 37.6 Å². The highest BCUT2D eigenvalue weighted by Crippen LogP contribution is 2.10. The van der Waals surface area contributed by atoms with Crippen LogP contribution in [0.5, 0.6) is 0 Å². The van der Waals surface area contributed by atoms with Crippen LogP contribution in [0.4, 0.5) is 5.69 Å². The van der Waals surface area contributed by atoms with Crippen LogP contribution in [0.1, 0.15) is 40.0 Å². The maximum atomic E-state index is 3.48. The van der Waals surface area contributed by atoms with Crippen molar-refractivity contribution in [2.24, 2.45) is 5.92 Å². The summed E-state index contributed by atoms with van der Waals surface area (Å²) < 4.78 is 0. The highest BCUT2D eigenvalue weighted by atomic mass is 15.1. The summed E-state index contributed by atoms with van der Waals surface area (Å²) in [4.78, 5) is 2.59. The molecule has 0 heterocycles. The molecule has 0 bridgehead atoms. The van der Waals surface area contributed by atoms with E-state index in [0.717, 1.165) is 12.5 Å². The molecule has 0 aliphatic rings. The molecule has 0 unspecified atom stereocenters. The van der Waals surface area contributed by atoms with Crippen LogP contribution in [-0.2, 0) is 0 Å². The Morgan fingerprint density at radius 2 is 1.74 bits per heavy atom. The molecule has 0 spiro atoms. The third-order valence-electron chi connectivity index (χ3n) is 3.87. The Hall–Kier alpha value is -1.02. The summed E-state index contributed by atoms with van der Waals surface area (Å²) in [7, 11) is 0. The van der Waals surface area contributed by atoms with E-state index in [-0.39, 0.29) is 0 Å². The van der Waals surface area contributed by atoms with E-state index in [9.17, 15) is 0 Å². The SMILES string of the molecule is CCC(CC)CN(CC)CCCNc1ccccc1. The molecule has 108 valence electrons. The Morgan fingerprint density at radius 3 is 2.32 bits per heavy atom. The maximum absolute atomic E-state index is 3.48. The van der Waals surface area contributed by atoms with Gasteiger partial charge < -0.3 is 10.2 Å². The van der Waals surface area contributed by atoms with Crippen molar-refractivity contribution in [3.63, 3.8) is 0 Å². The highest BCUT2D eigenvalue weighted by Gasteiger charge is 2.09. The standard InChI is InChI=1S/C17H30N2/c1-4-16(5-2)15-19(6-3)14-10-13-18-17-11-8-7-9-12-17/h7-9,11-12,16,18H,4-6,10,13-15H2,1-3H3. The second-order valence-corrected chi connectivity index (χ2v) is 5.22. The second kappa shape index (κ2) is 9.85. The summed E-state index contributed by atoms with van der Waals surface area (Å²) in [6.07, 6.45) is 3.81. The maximum Gasteiger partial charge on any atom is 0.0340 e. The zero-order valence-corrected chi connectivity index (χ0v) is 12.9. The summed E-state index contributed by atoms with van der Waals surface area (Å²) in [6.45, 7) is 11.6. The second-order valence-electron chi connectivity index (χ2n) is 5.22. The van der Waals surface area contributed by atoms with Crippen molar-refractivity contribution >= 4 is 5.69 Å². The molecule has 2 nitrogen and oxygen atoms in total. The molecule has 1 N–H and O–H groups in total. The highest BCUT2D eigenvalue weighted by molar-refractivity contribution is 5.42. The van der Waals surface area contributed by atoms with Gasteiger partial charge in [-0.25, -0.2) is 0 Å². The first-order valence-electron chi connectivity index (χ1n) is 7.81. The van der Waals surface area contributed by atoms with Gasteiger partial charge in [0.2, 0.25) is 0 Å². The van der Waals surface area contributed by atoms with Crippen molar-refractivity contribution < 1.29 is 0 Å². The van der Waals surface area contributed by atoms with Gasteiger partial charge in [-0.1, -0.05) is 51.8 Å². The van der Waals surface area contributed by atoms with Crippen molar-refractivity contribution in [1.29, 1.82) is 0 Å². The van der Waals surface area contributed by atoms with E-state index in [1.165, 1.54) is 44.6 Å². The van der Waals surface area contributed by atoms with E-state index in [2.05, 4.69) is 61.3 Å². The number of nitrogens with zero attached hydrogens (tertiary/aromatic N) is 1. The van der Waals surface area contributed by atoms with Gasteiger partial charge in [0.1, 0.15) is 0 Å². The van der Waals surface area contributed by atoms with E-state index < -0.39 is 0 Å². The molecule has 0 aliphatic carbocycles. The van der Waals surface area contributed by atoms with Gasteiger partial charge in [0.05, 0.1) is 0 Å². The van der Waals surface area contributed by atoms with Gasteiger partial charge in [0.25, 0.3) is 0 Å². The van der Waals surface area contributed by atoms with Crippen LogP contribution in [0.2, 0.25) is 0 Å². The Balaban J connectivity index is 2.19. The number of benzene rings is 1. The van der Waals surface area contributed by atoms with Crippen LogP contribution in [0.25, 0.3) is 0 Å². The number of hydrogen-bond donors (Lipinski definition) is 1. The lowest BCUT2D eigenvalue weighted by atomic mass is 10.0. The number of anilines is 1. The predicted octanol–water partition coefficient (Wildman–Crippen LogP) is 4.25. The molecule has 1 aromatic rings. The molecule has 0 fully saturated rings.